The molecule has 0 saturated heterocycles. The van der Waals surface area contributed by atoms with Gasteiger partial charge in [-0.05, 0) is 37.5 Å². The molecule has 2 saturated carbocycles. The summed E-state index contributed by atoms with van der Waals surface area (Å²) in [6, 6.07) is 1.95. The van der Waals surface area contributed by atoms with Crippen LogP contribution in [0.25, 0.3) is 0 Å². The number of rotatable bonds is 4. The second-order valence-corrected chi connectivity index (χ2v) is 5.80. The standard InChI is InChI=1S/C14H21N3O/c1-2-3-11-8-13(17-16-11)15-14(18)12-7-9-4-5-10(12)6-9/h8-10,12H,2-7H2,1H3,(H2,15,16,17,18). The van der Waals surface area contributed by atoms with Crippen molar-refractivity contribution in [2.45, 2.75) is 45.4 Å². The molecule has 1 aromatic heterocycles. The van der Waals surface area contributed by atoms with Crippen LogP contribution in [0, 0.1) is 17.8 Å². The monoisotopic (exact) mass is 247 g/mol. The average Bonchev–Trinajstić information content (AvgIpc) is 3.05. The van der Waals surface area contributed by atoms with E-state index < -0.39 is 0 Å². The van der Waals surface area contributed by atoms with Crippen LogP contribution in [0.2, 0.25) is 0 Å². The lowest BCUT2D eigenvalue weighted by atomic mass is 9.88. The zero-order valence-electron chi connectivity index (χ0n) is 10.9. The van der Waals surface area contributed by atoms with Gasteiger partial charge in [-0.3, -0.25) is 9.89 Å². The largest absolute Gasteiger partial charge is 0.309 e. The molecule has 2 aliphatic carbocycles. The topological polar surface area (TPSA) is 57.8 Å². The van der Waals surface area contributed by atoms with Crippen LogP contribution in [0.15, 0.2) is 6.07 Å². The maximum atomic E-state index is 12.2. The first kappa shape index (κ1) is 11.8. The molecule has 0 aliphatic heterocycles. The van der Waals surface area contributed by atoms with Gasteiger partial charge in [0.2, 0.25) is 5.91 Å². The molecule has 1 amide bonds. The zero-order chi connectivity index (χ0) is 12.5. The van der Waals surface area contributed by atoms with Crippen molar-refractivity contribution >= 4 is 11.7 Å². The number of nitrogens with one attached hydrogen (secondary N) is 2. The molecular formula is C14H21N3O. The minimum Gasteiger partial charge on any atom is -0.309 e. The number of hydrogen-bond donors (Lipinski definition) is 2. The molecule has 3 atom stereocenters. The number of aromatic nitrogens is 2. The summed E-state index contributed by atoms with van der Waals surface area (Å²) in [6.07, 6.45) is 6.99. The number of carbonyl (C=O) groups excluding carboxylic acids is 1. The molecular weight excluding hydrogens is 226 g/mol. The van der Waals surface area contributed by atoms with Gasteiger partial charge in [0, 0.05) is 17.7 Å². The van der Waals surface area contributed by atoms with Crippen LogP contribution in [0.5, 0.6) is 0 Å². The number of aromatic amines is 1. The van der Waals surface area contributed by atoms with Crippen molar-refractivity contribution in [1.82, 2.24) is 10.2 Å². The highest BCUT2D eigenvalue weighted by atomic mass is 16.2. The van der Waals surface area contributed by atoms with Gasteiger partial charge in [0.15, 0.2) is 5.82 Å². The number of anilines is 1. The smallest absolute Gasteiger partial charge is 0.228 e. The second kappa shape index (κ2) is 4.75. The Hall–Kier alpha value is -1.32. The van der Waals surface area contributed by atoms with Crippen LogP contribution in [-0.2, 0) is 11.2 Å². The molecule has 1 heterocycles. The molecule has 4 nitrogen and oxygen atoms in total. The Morgan fingerprint density at radius 3 is 3.06 bits per heavy atom. The number of hydrogen-bond acceptors (Lipinski definition) is 2. The summed E-state index contributed by atoms with van der Waals surface area (Å²) in [5, 5.41) is 10.1. The first-order chi connectivity index (χ1) is 8.76. The van der Waals surface area contributed by atoms with Gasteiger partial charge in [-0.2, -0.15) is 5.10 Å². The molecule has 1 aromatic rings. The highest BCUT2D eigenvalue weighted by Gasteiger charge is 2.43. The number of fused-ring (bicyclic) bond motifs is 2. The number of aryl methyl sites for hydroxylation is 1. The second-order valence-electron chi connectivity index (χ2n) is 5.80. The highest BCUT2D eigenvalue weighted by molar-refractivity contribution is 5.92. The van der Waals surface area contributed by atoms with E-state index in [1.165, 1.54) is 19.3 Å². The van der Waals surface area contributed by atoms with E-state index >= 15 is 0 Å². The van der Waals surface area contributed by atoms with E-state index in [1.54, 1.807) is 0 Å². The number of carbonyl (C=O) groups is 1. The van der Waals surface area contributed by atoms with Gasteiger partial charge >= 0.3 is 0 Å². The summed E-state index contributed by atoms with van der Waals surface area (Å²) < 4.78 is 0. The van der Waals surface area contributed by atoms with Gasteiger partial charge in [-0.25, -0.2) is 0 Å². The number of amides is 1. The predicted octanol–water partition coefficient (Wildman–Crippen LogP) is 2.74. The summed E-state index contributed by atoms with van der Waals surface area (Å²) in [5.74, 6) is 2.53. The first-order valence-electron chi connectivity index (χ1n) is 7.11. The van der Waals surface area contributed by atoms with E-state index in [1.807, 2.05) is 6.07 Å². The van der Waals surface area contributed by atoms with E-state index in [4.69, 9.17) is 0 Å². The number of H-pyrrole nitrogens is 1. The van der Waals surface area contributed by atoms with Crippen molar-refractivity contribution in [2.75, 3.05) is 5.32 Å². The van der Waals surface area contributed by atoms with Crippen molar-refractivity contribution in [3.8, 4) is 0 Å². The van der Waals surface area contributed by atoms with Crippen LogP contribution < -0.4 is 5.32 Å². The number of nitrogens with zero attached hydrogens (tertiary/aromatic N) is 1. The summed E-state index contributed by atoms with van der Waals surface area (Å²) in [6.45, 7) is 2.13. The fourth-order valence-corrected chi connectivity index (χ4v) is 3.61. The van der Waals surface area contributed by atoms with E-state index in [-0.39, 0.29) is 11.8 Å². The van der Waals surface area contributed by atoms with Crippen LogP contribution in [0.1, 0.15) is 44.7 Å². The lowest BCUT2D eigenvalue weighted by molar-refractivity contribution is -0.121. The Morgan fingerprint density at radius 2 is 2.39 bits per heavy atom. The molecule has 3 rings (SSSR count). The fourth-order valence-electron chi connectivity index (χ4n) is 3.61. The van der Waals surface area contributed by atoms with Crippen molar-refractivity contribution in [2.24, 2.45) is 17.8 Å². The van der Waals surface area contributed by atoms with Gasteiger partial charge < -0.3 is 5.32 Å². The van der Waals surface area contributed by atoms with Gasteiger partial charge in [0.1, 0.15) is 0 Å². The molecule has 2 aliphatic rings. The Kier molecular flexibility index (Phi) is 3.10. The fraction of sp³-hybridized carbons (Fsp3) is 0.714. The molecule has 4 heteroatoms. The summed E-state index contributed by atoms with van der Waals surface area (Å²) in [4.78, 5) is 12.2. The Morgan fingerprint density at radius 1 is 1.50 bits per heavy atom. The molecule has 0 radical (unpaired) electrons. The SMILES string of the molecule is CCCc1cc(NC(=O)C2CC3CCC2C3)n[nH]1. The predicted molar refractivity (Wildman–Crippen MR) is 70.2 cm³/mol. The van der Waals surface area contributed by atoms with Crippen LogP contribution in [-0.4, -0.2) is 16.1 Å². The van der Waals surface area contributed by atoms with Crippen molar-refractivity contribution in [1.29, 1.82) is 0 Å². The van der Waals surface area contributed by atoms with E-state index in [2.05, 4.69) is 22.4 Å². The Bertz CT molecular complexity index is 440. The van der Waals surface area contributed by atoms with Gasteiger partial charge in [-0.1, -0.05) is 19.8 Å². The molecule has 18 heavy (non-hydrogen) atoms. The van der Waals surface area contributed by atoms with Crippen molar-refractivity contribution in [3.63, 3.8) is 0 Å². The molecule has 0 spiro atoms. The highest BCUT2D eigenvalue weighted by Crippen LogP contribution is 2.48. The van der Waals surface area contributed by atoms with Crippen LogP contribution >= 0.6 is 0 Å². The van der Waals surface area contributed by atoms with Gasteiger partial charge in [0.25, 0.3) is 0 Å². The van der Waals surface area contributed by atoms with E-state index in [9.17, 15) is 4.79 Å². The summed E-state index contributed by atoms with van der Waals surface area (Å²) >= 11 is 0. The maximum absolute atomic E-state index is 12.2. The Balaban J connectivity index is 1.60. The third-order valence-corrected chi connectivity index (χ3v) is 4.48. The molecule has 3 unspecified atom stereocenters. The molecule has 2 fully saturated rings. The Labute approximate surface area is 108 Å². The minimum absolute atomic E-state index is 0.178. The third-order valence-electron chi connectivity index (χ3n) is 4.48. The molecule has 98 valence electrons. The van der Waals surface area contributed by atoms with E-state index in [0.29, 0.717) is 11.7 Å². The minimum atomic E-state index is 0.178. The van der Waals surface area contributed by atoms with Crippen molar-refractivity contribution < 1.29 is 4.79 Å². The third kappa shape index (κ3) is 2.16. The first-order valence-corrected chi connectivity index (χ1v) is 7.11. The van der Waals surface area contributed by atoms with Gasteiger partial charge in [-0.15, -0.1) is 0 Å². The lowest BCUT2D eigenvalue weighted by Gasteiger charge is -2.19. The van der Waals surface area contributed by atoms with Crippen LogP contribution in [0.4, 0.5) is 5.82 Å². The van der Waals surface area contributed by atoms with E-state index in [0.717, 1.165) is 30.9 Å². The summed E-state index contributed by atoms with van der Waals surface area (Å²) in [5.41, 5.74) is 1.10. The molecule has 2 N–H and O–H groups in total. The maximum Gasteiger partial charge on any atom is 0.228 e. The molecule has 2 bridgehead atoms. The lowest BCUT2D eigenvalue weighted by Crippen LogP contribution is -2.27. The molecule has 0 aromatic carbocycles. The summed E-state index contributed by atoms with van der Waals surface area (Å²) in [7, 11) is 0. The van der Waals surface area contributed by atoms with Crippen LogP contribution in [0.3, 0.4) is 0 Å². The normalized spacial score (nSPS) is 29.7. The zero-order valence-corrected chi connectivity index (χ0v) is 10.9. The average molecular weight is 247 g/mol. The quantitative estimate of drug-likeness (QED) is 0.859. The van der Waals surface area contributed by atoms with Gasteiger partial charge in [0.05, 0.1) is 0 Å². The van der Waals surface area contributed by atoms with Crippen molar-refractivity contribution in [3.05, 3.63) is 11.8 Å².